The largest absolute Gasteiger partial charge is 0.383 e. The molecule has 1 amide bonds. The van der Waals surface area contributed by atoms with Crippen LogP contribution in [0.2, 0.25) is 0 Å². The van der Waals surface area contributed by atoms with Gasteiger partial charge in [-0.2, -0.15) is 5.10 Å². The molecule has 0 radical (unpaired) electrons. The van der Waals surface area contributed by atoms with Crippen molar-refractivity contribution >= 4 is 33.5 Å². The van der Waals surface area contributed by atoms with Crippen molar-refractivity contribution in [3.05, 3.63) is 53.3 Å². The summed E-state index contributed by atoms with van der Waals surface area (Å²) in [5.74, 6) is -0.279. The Hall–Kier alpha value is -2.51. The van der Waals surface area contributed by atoms with E-state index in [1.54, 1.807) is 37.1 Å². The Kier molecular flexibility index (Phi) is 4.46. The van der Waals surface area contributed by atoms with Gasteiger partial charge in [-0.25, -0.2) is 4.98 Å². The zero-order valence-corrected chi connectivity index (χ0v) is 14.2. The molecule has 2 aromatic heterocycles. The fraction of sp³-hybridized carbons (Fsp3) is 0.235. The number of para-hydroxylation sites is 1. The lowest BCUT2D eigenvalue weighted by Gasteiger charge is -2.21. The van der Waals surface area contributed by atoms with Crippen molar-refractivity contribution in [1.82, 2.24) is 20.1 Å². The van der Waals surface area contributed by atoms with E-state index in [4.69, 9.17) is 0 Å². The van der Waals surface area contributed by atoms with E-state index < -0.39 is 5.60 Å². The molecular formula is C17H18N4O2S. The number of amides is 1. The molecule has 0 saturated carbocycles. The van der Waals surface area contributed by atoms with E-state index >= 15 is 0 Å². The fourth-order valence-electron chi connectivity index (χ4n) is 2.23. The monoisotopic (exact) mass is 342 g/mol. The third kappa shape index (κ3) is 3.69. The number of fused-ring (bicyclic) bond motifs is 1. The van der Waals surface area contributed by atoms with Crippen molar-refractivity contribution in [2.24, 2.45) is 7.05 Å². The lowest BCUT2D eigenvalue weighted by molar-refractivity contribution is -0.117. The molecule has 0 saturated heterocycles. The number of nitrogens with zero attached hydrogens (tertiary/aromatic N) is 3. The molecule has 0 bridgehead atoms. The molecule has 7 heteroatoms. The van der Waals surface area contributed by atoms with Crippen LogP contribution in [-0.2, 0) is 17.4 Å². The first kappa shape index (κ1) is 16.4. The third-order valence-electron chi connectivity index (χ3n) is 3.62. The Morgan fingerprint density at radius 3 is 2.96 bits per heavy atom. The minimum atomic E-state index is -1.17. The van der Waals surface area contributed by atoms with Gasteiger partial charge in [-0.3, -0.25) is 9.48 Å². The topological polar surface area (TPSA) is 80.0 Å². The van der Waals surface area contributed by atoms with Crippen LogP contribution in [0.15, 0.2) is 42.7 Å². The molecule has 0 aliphatic carbocycles. The van der Waals surface area contributed by atoms with Gasteiger partial charge in [0.25, 0.3) is 0 Å². The van der Waals surface area contributed by atoms with Gasteiger partial charge in [0.05, 0.1) is 23.0 Å². The van der Waals surface area contributed by atoms with E-state index in [0.717, 1.165) is 15.2 Å². The maximum Gasteiger partial charge on any atom is 0.244 e. The molecule has 2 heterocycles. The average Bonchev–Trinajstić information content (AvgIpc) is 3.17. The second kappa shape index (κ2) is 6.54. The zero-order chi connectivity index (χ0) is 17.2. The second-order valence-electron chi connectivity index (χ2n) is 5.75. The summed E-state index contributed by atoms with van der Waals surface area (Å²) in [7, 11) is 1.78. The van der Waals surface area contributed by atoms with Crippen LogP contribution < -0.4 is 5.32 Å². The van der Waals surface area contributed by atoms with Gasteiger partial charge in [0, 0.05) is 24.9 Å². The number of rotatable bonds is 5. The Balaban J connectivity index is 1.60. The van der Waals surface area contributed by atoms with Gasteiger partial charge in [0.2, 0.25) is 5.91 Å². The summed E-state index contributed by atoms with van der Waals surface area (Å²) < 4.78 is 2.69. The first-order chi connectivity index (χ1) is 11.4. The molecule has 6 nitrogen and oxygen atoms in total. The quantitative estimate of drug-likeness (QED) is 0.696. The fourth-order valence-corrected chi connectivity index (χ4v) is 3.10. The first-order valence-corrected chi connectivity index (χ1v) is 8.29. The molecule has 3 aromatic rings. The summed E-state index contributed by atoms with van der Waals surface area (Å²) in [6.07, 6.45) is 6.42. The molecule has 0 aliphatic heterocycles. The summed E-state index contributed by atoms with van der Waals surface area (Å²) in [6, 6.07) is 7.83. The van der Waals surface area contributed by atoms with Gasteiger partial charge in [0.15, 0.2) is 0 Å². The third-order valence-corrected chi connectivity index (χ3v) is 4.62. The molecule has 124 valence electrons. The highest BCUT2D eigenvalue weighted by Crippen LogP contribution is 2.22. The van der Waals surface area contributed by atoms with E-state index in [2.05, 4.69) is 15.4 Å². The van der Waals surface area contributed by atoms with Crippen molar-refractivity contribution in [2.75, 3.05) is 6.54 Å². The van der Waals surface area contributed by atoms with Crippen LogP contribution in [0, 0.1) is 0 Å². The van der Waals surface area contributed by atoms with Crippen molar-refractivity contribution in [2.45, 2.75) is 12.5 Å². The van der Waals surface area contributed by atoms with Crippen molar-refractivity contribution < 1.29 is 9.90 Å². The number of hydrogen-bond acceptors (Lipinski definition) is 5. The predicted octanol–water partition coefficient (Wildman–Crippen LogP) is 2.07. The zero-order valence-electron chi connectivity index (χ0n) is 13.4. The van der Waals surface area contributed by atoms with E-state index in [-0.39, 0.29) is 12.5 Å². The maximum absolute atomic E-state index is 12.0. The molecule has 2 N–H and O–H groups in total. The minimum Gasteiger partial charge on any atom is -0.383 e. The molecule has 1 aromatic carbocycles. The number of benzene rings is 1. The summed E-state index contributed by atoms with van der Waals surface area (Å²) in [6.45, 7) is 1.74. The standard InChI is InChI=1S/C17H18N4O2S/c1-17(23,12-9-19-21(2)10-12)11-18-15(22)7-8-16-20-13-5-3-4-6-14(13)24-16/h3-10,23H,11H2,1-2H3,(H,18,22)/b8-7+. The SMILES string of the molecule is Cn1cc(C(C)(O)CNC(=O)/C=C/c2nc3ccccc3s2)cn1. The number of aromatic nitrogens is 3. The van der Waals surface area contributed by atoms with Crippen LogP contribution >= 0.6 is 11.3 Å². The van der Waals surface area contributed by atoms with Gasteiger partial charge in [-0.1, -0.05) is 12.1 Å². The predicted molar refractivity (Wildman–Crippen MR) is 94.4 cm³/mol. The van der Waals surface area contributed by atoms with Crippen LogP contribution in [-0.4, -0.2) is 32.3 Å². The minimum absolute atomic E-state index is 0.0989. The lowest BCUT2D eigenvalue weighted by Crippen LogP contribution is -2.37. The van der Waals surface area contributed by atoms with Crippen LogP contribution in [0.3, 0.4) is 0 Å². The highest BCUT2D eigenvalue weighted by Gasteiger charge is 2.24. The van der Waals surface area contributed by atoms with Crippen LogP contribution in [0.1, 0.15) is 17.5 Å². The van der Waals surface area contributed by atoms with E-state index in [9.17, 15) is 9.90 Å². The molecule has 1 unspecified atom stereocenters. The number of aryl methyl sites for hydroxylation is 1. The highest BCUT2D eigenvalue weighted by molar-refractivity contribution is 7.19. The van der Waals surface area contributed by atoms with E-state index in [1.165, 1.54) is 17.4 Å². The molecule has 1 atom stereocenters. The van der Waals surface area contributed by atoms with E-state index in [0.29, 0.717) is 5.56 Å². The Morgan fingerprint density at radius 2 is 2.25 bits per heavy atom. The summed E-state index contributed by atoms with van der Waals surface area (Å²) >= 11 is 1.52. The molecule has 0 aliphatic rings. The summed E-state index contributed by atoms with van der Waals surface area (Å²) in [5, 5.41) is 17.9. The van der Waals surface area contributed by atoms with Crippen LogP contribution in [0.25, 0.3) is 16.3 Å². The maximum atomic E-state index is 12.0. The molecule has 0 fully saturated rings. The van der Waals surface area contributed by atoms with Gasteiger partial charge in [-0.05, 0) is 25.1 Å². The van der Waals surface area contributed by atoms with E-state index in [1.807, 2.05) is 24.3 Å². The summed E-state index contributed by atoms with van der Waals surface area (Å²) in [5.41, 5.74) is 0.399. The van der Waals surface area contributed by atoms with Crippen molar-refractivity contribution in [3.8, 4) is 0 Å². The Morgan fingerprint density at radius 1 is 1.46 bits per heavy atom. The first-order valence-electron chi connectivity index (χ1n) is 7.47. The second-order valence-corrected chi connectivity index (χ2v) is 6.81. The summed E-state index contributed by atoms with van der Waals surface area (Å²) in [4.78, 5) is 16.4. The number of carbonyl (C=O) groups is 1. The number of thiazole rings is 1. The average molecular weight is 342 g/mol. The highest BCUT2D eigenvalue weighted by atomic mass is 32.1. The van der Waals surface area contributed by atoms with Crippen molar-refractivity contribution in [1.29, 1.82) is 0 Å². The normalized spacial score (nSPS) is 14.1. The molecular weight excluding hydrogens is 324 g/mol. The Labute approximate surface area is 143 Å². The number of nitrogens with one attached hydrogen (secondary N) is 1. The number of hydrogen-bond donors (Lipinski definition) is 2. The van der Waals surface area contributed by atoms with Crippen LogP contribution in [0.5, 0.6) is 0 Å². The van der Waals surface area contributed by atoms with Gasteiger partial charge < -0.3 is 10.4 Å². The van der Waals surface area contributed by atoms with Gasteiger partial charge >= 0.3 is 0 Å². The Bertz CT molecular complexity index is 862. The molecule has 24 heavy (non-hydrogen) atoms. The number of aliphatic hydroxyl groups is 1. The van der Waals surface area contributed by atoms with Crippen molar-refractivity contribution in [3.63, 3.8) is 0 Å². The lowest BCUT2D eigenvalue weighted by atomic mass is 10.00. The van der Waals surface area contributed by atoms with Crippen LogP contribution in [0.4, 0.5) is 0 Å². The van der Waals surface area contributed by atoms with Gasteiger partial charge in [-0.15, -0.1) is 11.3 Å². The number of carbonyl (C=O) groups excluding carboxylic acids is 1. The molecule has 0 spiro atoms. The van der Waals surface area contributed by atoms with Gasteiger partial charge in [0.1, 0.15) is 10.6 Å². The molecule has 3 rings (SSSR count). The smallest absolute Gasteiger partial charge is 0.244 e.